The molecule has 2 rings (SSSR count). The molecule has 13 heteroatoms. The summed E-state index contributed by atoms with van der Waals surface area (Å²) in [6, 6.07) is 5.06. The lowest BCUT2D eigenvalue weighted by atomic mass is 10.1. The number of hydrogen-bond acceptors (Lipinski definition) is 7. The van der Waals surface area contributed by atoms with Crippen LogP contribution < -0.4 is 21.6 Å². The fourth-order valence-corrected chi connectivity index (χ4v) is 3.24. The summed E-state index contributed by atoms with van der Waals surface area (Å²) in [4.78, 5) is 34.1. The molecule has 5 N–H and O–H groups in total. The number of benzene rings is 2. The quantitative estimate of drug-likeness (QED) is 0.134. The van der Waals surface area contributed by atoms with Gasteiger partial charge < -0.3 is 20.6 Å². The van der Waals surface area contributed by atoms with Crippen LogP contribution in [-0.4, -0.2) is 42.8 Å². The zero-order chi connectivity index (χ0) is 26.0. The number of hydrogen-bond donors (Lipinski definition) is 5. The first-order valence-electron chi connectivity index (χ1n) is 10.5. The van der Waals surface area contributed by atoms with Crippen molar-refractivity contribution < 1.29 is 37.5 Å². The average Bonchev–Trinajstić information content (AvgIpc) is 2.79. The summed E-state index contributed by atoms with van der Waals surface area (Å²) in [6.45, 7) is 2.61. The summed E-state index contributed by atoms with van der Waals surface area (Å²) in [5, 5.41) is 13.9. The number of amides is 2. The van der Waals surface area contributed by atoms with E-state index in [-0.39, 0.29) is 54.9 Å². The zero-order valence-corrected chi connectivity index (χ0v) is 21.2. The Balaban J connectivity index is 2.22. The van der Waals surface area contributed by atoms with Gasteiger partial charge in [-0.05, 0) is 60.7 Å². The highest BCUT2D eigenvalue weighted by molar-refractivity contribution is 14.1. The van der Waals surface area contributed by atoms with Crippen molar-refractivity contribution in [1.29, 1.82) is 0 Å². The van der Waals surface area contributed by atoms with Gasteiger partial charge in [0.05, 0.1) is 43.2 Å². The van der Waals surface area contributed by atoms with Gasteiger partial charge in [0.2, 0.25) is 5.91 Å². The van der Waals surface area contributed by atoms with Gasteiger partial charge in [-0.3, -0.25) is 14.4 Å². The van der Waals surface area contributed by atoms with Gasteiger partial charge in [0.25, 0.3) is 5.91 Å². The van der Waals surface area contributed by atoms with E-state index in [1.54, 1.807) is 6.07 Å². The number of halogens is 4. The highest BCUT2D eigenvalue weighted by Crippen LogP contribution is 2.30. The predicted octanol–water partition coefficient (Wildman–Crippen LogP) is 3.04. The van der Waals surface area contributed by atoms with Crippen LogP contribution in [-0.2, 0) is 21.0 Å². The predicted molar refractivity (Wildman–Crippen MR) is 130 cm³/mol. The van der Waals surface area contributed by atoms with E-state index in [1.165, 1.54) is 12.1 Å². The van der Waals surface area contributed by atoms with Crippen LogP contribution in [0.5, 0.6) is 0 Å². The Morgan fingerprint density at radius 3 is 2.49 bits per heavy atom. The van der Waals surface area contributed by atoms with E-state index in [1.807, 2.05) is 41.9 Å². The fraction of sp³-hybridized carbons (Fsp3) is 0.364. The van der Waals surface area contributed by atoms with E-state index in [2.05, 4.69) is 16.1 Å². The van der Waals surface area contributed by atoms with E-state index in [0.717, 1.165) is 6.07 Å². The number of aliphatic hydroxyl groups is 1. The minimum atomic E-state index is -1.43. The van der Waals surface area contributed by atoms with Crippen molar-refractivity contribution in [1.82, 2.24) is 16.3 Å². The summed E-state index contributed by atoms with van der Waals surface area (Å²) in [7, 11) is 0. The van der Waals surface area contributed by atoms with Crippen LogP contribution in [0.1, 0.15) is 36.2 Å². The van der Waals surface area contributed by atoms with Crippen LogP contribution in [0.15, 0.2) is 24.3 Å². The second-order valence-corrected chi connectivity index (χ2v) is 8.73. The molecule has 0 spiro atoms. The zero-order valence-electron chi connectivity index (χ0n) is 19.0. The van der Waals surface area contributed by atoms with Gasteiger partial charge >= 0.3 is 0 Å². The molecule has 0 aliphatic heterocycles. The SMILES string of the molecule is CC(C)NC(=O)CCONCc1cc(C(=O)NOCCO)c(Nc2ccc(I)cc2F)c(F)c1F. The van der Waals surface area contributed by atoms with Gasteiger partial charge in [-0.2, -0.15) is 5.48 Å². The molecule has 0 fully saturated rings. The Morgan fingerprint density at radius 2 is 1.83 bits per heavy atom. The lowest BCUT2D eigenvalue weighted by Crippen LogP contribution is -2.31. The molecule has 0 saturated heterocycles. The molecule has 9 nitrogen and oxygen atoms in total. The molecule has 2 aromatic carbocycles. The van der Waals surface area contributed by atoms with Crippen LogP contribution in [0.25, 0.3) is 0 Å². The van der Waals surface area contributed by atoms with Gasteiger partial charge in [0.15, 0.2) is 11.6 Å². The molecule has 35 heavy (non-hydrogen) atoms. The second kappa shape index (κ2) is 14.2. The molecule has 0 heterocycles. The summed E-state index contributed by atoms with van der Waals surface area (Å²) in [6.07, 6.45) is 0.0440. The van der Waals surface area contributed by atoms with Crippen molar-refractivity contribution in [2.24, 2.45) is 0 Å². The van der Waals surface area contributed by atoms with E-state index >= 15 is 4.39 Å². The Morgan fingerprint density at radius 1 is 1.09 bits per heavy atom. The normalized spacial score (nSPS) is 11.0. The van der Waals surface area contributed by atoms with Crippen LogP contribution in [0.3, 0.4) is 0 Å². The lowest BCUT2D eigenvalue weighted by Gasteiger charge is -2.17. The van der Waals surface area contributed by atoms with Gasteiger partial charge in [-0.15, -0.1) is 0 Å². The van der Waals surface area contributed by atoms with Crippen molar-refractivity contribution in [2.45, 2.75) is 32.9 Å². The topological polar surface area (TPSA) is 121 Å². The largest absolute Gasteiger partial charge is 0.394 e. The monoisotopic (exact) mass is 610 g/mol. The van der Waals surface area contributed by atoms with Crippen molar-refractivity contribution in [3.8, 4) is 0 Å². The standard InChI is InChI=1S/C22H26F3IN4O5/c1-12(2)28-18(32)5-7-34-27-11-13-9-15(22(33)30-35-8-6-31)21(20(25)19(13)24)29-17-4-3-14(26)10-16(17)23/h3-4,9-10,12,27,29,31H,5-8,11H2,1-2H3,(H,28,32)(H,30,33). The Labute approximate surface area is 213 Å². The third-order valence-corrected chi connectivity index (χ3v) is 4.99. The van der Waals surface area contributed by atoms with Gasteiger partial charge in [0, 0.05) is 21.7 Å². The van der Waals surface area contributed by atoms with Crippen LogP contribution in [0.2, 0.25) is 0 Å². The number of rotatable bonds is 13. The number of anilines is 2. The molecule has 0 atom stereocenters. The molecule has 2 amide bonds. The Bertz CT molecular complexity index is 1040. The maximum absolute atomic E-state index is 15.0. The summed E-state index contributed by atoms with van der Waals surface area (Å²) >= 11 is 1.89. The van der Waals surface area contributed by atoms with Crippen LogP contribution in [0.4, 0.5) is 24.5 Å². The molecule has 0 aromatic heterocycles. The van der Waals surface area contributed by atoms with Gasteiger partial charge in [0.1, 0.15) is 5.82 Å². The van der Waals surface area contributed by atoms with Crippen molar-refractivity contribution >= 4 is 45.8 Å². The third kappa shape index (κ3) is 8.92. The molecule has 0 radical (unpaired) electrons. The minimum absolute atomic E-state index is 0.0291. The molecule has 0 saturated carbocycles. The van der Waals surface area contributed by atoms with E-state index in [9.17, 15) is 18.4 Å². The maximum Gasteiger partial charge on any atom is 0.277 e. The summed E-state index contributed by atoms with van der Waals surface area (Å²) in [5.41, 5.74) is 2.99. The second-order valence-electron chi connectivity index (χ2n) is 7.48. The molecule has 0 aliphatic carbocycles. The minimum Gasteiger partial charge on any atom is -0.394 e. The Hall–Kier alpha value is -2.46. The number of carbonyl (C=O) groups excluding carboxylic acids is 2. The molecule has 0 unspecified atom stereocenters. The average molecular weight is 610 g/mol. The van der Waals surface area contributed by atoms with Gasteiger partial charge in [-0.25, -0.2) is 18.7 Å². The first-order chi connectivity index (χ1) is 16.6. The van der Waals surface area contributed by atoms with Crippen LogP contribution >= 0.6 is 22.6 Å². The lowest BCUT2D eigenvalue weighted by molar-refractivity contribution is -0.123. The number of aliphatic hydroxyl groups excluding tert-OH is 1. The van der Waals surface area contributed by atoms with Crippen molar-refractivity contribution in [3.63, 3.8) is 0 Å². The maximum atomic E-state index is 15.0. The van der Waals surface area contributed by atoms with Crippen molar-refractivity contribution in [3.05, 3.63) is 56.4 Å². The molecule has 0 bridgehead atoms. The number of carbonyl (C=O) groups is 2. The molecular formula is C22H26F3IN4O5. The van der Waals surface area contributed by atoms with E-state index < -0.39 is 35.7 Å². The van der Waals surface area contributed by atoms with Crippen LogP contribution in [0, 0.1) is 21.0 Å². The highest BCUT2D eigenvalue weighted by atomic mass is 127. The number of nitrogens with one attached hydrogen (secondary N) is 4. The van der Waals surface area contributed by atoms with Crippen molar-refractivity contribution in [2.75, 3.05) is 25.1 Å². The molecule has 2 aromatic rings. The Kier molecular flexibility index (Phi) is 11.7. The van der Waals surface area contributed by atoms with E-state index in [0.29, 0.717) is 3.57 Å². The first kappa shape index (κ1) is 28.8. The van der Waals surface area contributed by atoms with Gasteiger partial charge in [-0.1, -0.05) is 0 Å². The number of hydroxylamine groups is 2. The summed E-state index contributed by atoms with van der Waals surface area (Å²) < 4.78 is 44.7. The summed E-state index contributed by atoms with van der Waals surface area (Å²) in [5.74, 6) is -4.65. The molecule has 0 aliphatic rings. The highest BCUT2D eigenvalue weighted by Gasteiger charge is 2.24. The molecular weight excluding hydrogens is 584 g/mol. The fourth-order valence-electron chi connectivity index (χ4n) is 2.79. The molecule has 192 valence electrons. The smallest absolute Gasteiger partial charge is 0.277 e. The third-order valence-electron chi connectivity index (χ3n) is 4.32. The first-order valence-corrected chi connectivity index (χ1v) is 11.6. The van der Waals surface area contributed by atoms with E-state index in [4.69, 9.17) is 14.8 Å².